The van der Waals surface area contributed by atoms with Crippen molar-refractivity contribution in [3.8, 4) is 11.1 Å². The fourth-order valence-corrected chi connectivity index (χ4v) is 12.6. The van der Waals surface area contributed by atoms with E-state index in [9.17, 15) is 0 Å². The highest BCUT2D eigenvalue weighted by atomic mass is 28.3. The van der Waals surface area contributed by atoms with Gasteiger partial charge < -0.3 is 9.80 Å². The third kappa shape index (κ3) is 4.39. The van der Waals surface area contributed by atoms with Gasteiger partial charge in [-0.15, -0.1) is 0 Å². The quantitative estimate of drug-likeness (QED) is 0.171. The van der Waals surface area contributed by atoms with Crippen molar-refractivity contribution < 1.29 is 0 Å². The second kappa shape index (κ2) is 11.0. The summed E-state index contributed by atoms with van der Waals surface area (Å²) in [5, 5.41) is 4.57. The van der Waals surface area contributed by atoms with Gasteiger partial charge in [-0.3, -0.25) is 0 Å². The number of benzene rings is 7. The van der Waals surface area contributed by atoms with Gasteiger partial charge in [-0.25, -0.2) is 0 Å². The Morgan fingerprint density at radius 2 is 1.04 bits per heavy atom. The van der Waals surface area contributed by atoms with Crippen LogP contribution in [0.2, 0.25) is 6.55 Å². The molecule has 0 N–H and O–H groups in total. The van der Waals surface area contributed by atoms with Crippen LogP contribution in [0.4, 0.5) is 34.1 Å². The van der Waals surface area contributed by atoms with Crippen LogP contribution in [0.15, 0.2) is 176 Å². The van der Waals surface area contributed by atoms with Crippen LogP contribution in [-0.4, -0.2) is 8.07 Å². The Bertz CT molecular complexity index is 2190. The lowest BCUT2D eigenvalue weighted by molar-refractivity contribution is 1.18. The first kappa shape index (κ1) is 27.6. The van der Waals surface area contributed by atoms with Crippen molar-refractivity contribution in [1.82, 2.24) is 0 Å². The molecule has 1 atom stereocenters. The number of fused-ring (bicyclic) bond motifs is 5. The van der Waals surface area contributed by atoms with E-state index in [0.717, 1.165) is 23.5 Å². The lowest BCUT2D eigenvalue weighted by atomic mass is 10.0. The van der Waals surface area contributed by atoms with Crippen molar-refractivity contribution in [3.05, 3.63) is 187 Å². The average Bonchev–Trinajstić information content (AvgIpc) is 3.41. The molecule has 2 aliphatic rings. The van der Waals surface area contributed by atoms with E-state index in [4.69, 9.17) is 0 Å². The maximum Gasteiger partial charge on any atom is 0.152 e. The van der Waals surface area contributed by atoms with Crippen LogP contribution in [0.25, 0.3) is 11.1 Å². The first-order chi connectivity index (χ1) is 23.2. The predicted octanol–water partition coefficient (Wildman–Crippen LogP) is 9.61. The molecule has 2 aliphatic heterocycles. The van der Waals surface area contributed by atoms with Crippen molar-refractivity contribution in [1.29, 1.82) is 0 Å². The summed E-state index contributed by atoms with van der Waals surface area (Å²) in [5.74, 6) is 0. The van der Waals surface area contributed by atoms with Gasteiger partial charge in [0, 0.05) is 34.1 Å². The third-order valence-corrected chi connectivity index (χ3v) is 14.5. The zero-order chi connectivity index (χ0) is 31.4. The summed E-state index contributed by atoms with van der Waals surface area (Å²) in [4.78, 5) is 4.81. The van der Waals surface area contributed by atoms with Crippen LogP contribution in [-0.2, 0) is 6.42 Å². The van der Waals surface area contributed by atoms with Crippen molar-refractivity contribution in [3.63, 3.8) is 0 Å². The Kier molecular flexibility index (Phi) is 6.48. The van der Waals surface area contributed by atoms with E-state index in [1.54, 1.807) is 5.19 Å². The maximum atomic E-state index is 2.57. The van der Waals surface area contributed by atoms with Gasteiger partial charge in [0.1, 0.15) is 0 Å². The monoisotopic (exact) mass is 618 g/mol. The topological polar surface area (TPSA) is 6.48 Å². The van der Waals surface area contributed by atoms with Gasteiger partial charge in [-0.05, 0) is 105 Å². The average molecular weight is 619 g/mol. The Morgan fingerprint density at radius 1 is 0.468 bits per heavy atom. The minimum absolute atomic E-state index is 0.885. The molecule has 3 heteroatoms. The van der Waals surface area contributed by atoms with Crippen LogP contribution in [0.3, 0.4) is 0 Å². The molecule has 7 aromatic carbocycles. The van der Waals surface area contributed by atoms with Crippen LogP contribution in [0, 0.1) is 0 Å². The van der Waals surface area contributed by atoms with Crippen molar-refractivity contribution in [2.24, 2.45) is 0 Å². The molecular weight excluding hydrogens is 585 g/mol. The molecule has 2 nitrogen and oxygen atoms in total. The Labute approximate surface area is 277 Å². The number of rotatable bonds is 6. The number of anilines is 6. The highest BCUT2D eigenvalue weighted by Gasteiger charge is 2.50. The lowest BCUT2D eigenvalue weighted by Gasteiger charge is -2.41. The molecule has 7 aromatic rings. The first-order valence-electron chi connectivity index (χ1n) is 16.4. The molecule has 0 bridgehead atoms. The SMILES string of the molecule is C[Si]12c3ccccc3-c3cccc(c31)N(c1ccccc1)c1ccc(Cc3ccc(N(c4ccccc4)c4ccccc4)cc3)cc12. The molecule has 0 amide bonds. The molecule has 0 radical (unpaired) electrons. The minimum Gasteiger partial charge on any atom is -0.311 e. The lowest BCUT2D eigenvalue weighted by Crippen LogP contribution is -2.66. The summed E-state index contributed by atoms with van der Waals surface area (Å²) < 4.78 is 0. The van der Waals surface area contributed by atoms with E-state index in [2.05, 4.69) is 192 Å². The van der Waals surface area contributed by atoms with E-state index < -0.39 is 8.07 Å². The highest BCUT2D eigenvalue weighted by molar-refractivity contribution is 7.15. The van der Waals surface area contributed by atoms with Gasteiger partial charge in [0.05, 0.1) is 0 Å². The summed E-state index contributed by atoms with van der Waals surface area (Å²) >= 11 is 0. The number of hydrogen-bond donors (Lipinski definition) is 0. The summed E-state index contributed by atoms with van der Waals surface area (Å²) in [7, 11) is -2.25. The number of hydrogen-bond acceptors (Lipinski definition) is 2. The molecule has 0 saturated heterocycles. The summed E-state index contributed by atoms with van der Waals surface area (Å²) in [6.07, 6.45) is 0.885. The maximum absolute atomic E-state index is 2.57. The molecule has 47 heavy (non-hydrogen) atoms. The first-order valence-corrected chi connectivity index (χ1v) is 18.9. The van der Waals surface area contributed by atoms with Crippen LogP contribution >= 0.6 is 0 Å². The molecule has 1 unspecified atom stereocenters. The van der Waals surface area contributed by atoms with Crippen LogP contribution in [0.5, 0.6) is 0 Å². The van der Waals surface area contributed by atoms with Crippen LogP contribution in [0.1, 0.15) is 11.1 Å². The summed E-state index contributed by atoms with van der Waals surface area (Å²) in [6.45, 7) is 2.57. The normalized spacial score (nSPS) is 15.5. The van der Waals surface area contributed by atoms with Crippen LogP contribution < -0.4 is 25.4 Å². The van der Waals surface area contributed by atoms with E-state index in [1.807, 2.05) is 0 Å². The Morgan fingerprint density at radius 3 is 1.74 bits per heavy atom. The predicted molar refractivity (Wildman–Crippen MR) is 201 cm³/mol. The Hall–Kier alpha value is -5.64. The number of nitrogens with zero attached hydrogens (tertiary/aromatic N) is 2. The zero-order valence-corrected chi connectivity index (χ0v) is 27.3. The molecule has 0 fully saturated rings. The second-order valence-electron chi connectivity index (χ2n) is 12.7. The molecule has 0 aliphatic carbocycles. The largest absolute Gasteiger partial charge is 0.311 e. The van der Waals surface area contributed by atoms with Gasteiger partial charge in [0.2, 0.25) is 0 Å². The third-order valence-electron chi connectivity index (χ3n) is 10.0. The summed E-state index contributed by atoms with van der Waals surface area (Å²) in [6, 6.07) is 64.5. The van der Waals surface area contributed by atoms with Crippen molar-refractivity contribution in [2.45, 2.75) is 13.0 Å². The van der Waals surface area contributed by atoms with Gasteiger partial charge in [0.25, 0.3) is 0 Å². The molecule has 0 spiro atoms. The standard InChI is InChI=1S/C44H34N2Si/c1-47-42-23-12-11-20-38(42)39-21-13-22-41(44(39)47)46(36-18-9-4-10-19-36)40-29-26-33(31-43(40)47)30-32-24-27-37(28-25-32)45(34-14-5-2-6-15-34)35-16-7-3-8-17-35/h2-29,31H,30H2,1H3. The molecular formula is C44H34N2Si. The second-order valence-corrected chi connectivity index (χ2v) is 16.6. The molecule has 224 valence electrons. The molecule has 0 saturated carbocycles. The fourth-order valence-electron chi connectivity index (χ4n) is 7.92. The van der Waals surface area contributed by atoms with Gasteiger partial charge >= 0.3 is 0 Å². The Balaban J connectivity index is 1.13. The smallest absolute Gasteiger partial charge is 0.152 e. The van der Waals surface area contributed by atoms with Gasteiger partial charge in [0.15, 0.2) is 8.07 Å². The van der Waals surface area contributed by atoms with Crippen molar-refractivity contribution >= 4 is 57.8 Å². The summed E-state index contributed by atoms with van der Waals surface area (Å²) in [5.41, 5.74) is 12.8. The minimum atomic E-state index is -2.25. The molecule has 9 rings (SSSR count). The van der Waals surface area contributed by atoms with E-state index in [1.165, 1.54) is 49.7 Å². The highest BCUT2D eigenvalue weighted by Crippen LogP contribution is 2.43. The van der Waals surface area contributed by atoms with Gasteiger partial charge in [-0.1, -0.05) is 122 Å². The molecule has 0 aromatic heterocycles. The van der Waals surface area contributed by atoms with Crippen molar-refractivity contribution in [2.75, 3.05) is 9.80 Å². The molecule has 2 heterocycles. The zero-order valence-electron chi connectivity index (χ0n) is 26.3. The van der Waals surface area contributed by atoms with E-state index in [-0.39, 0.29) is 0 Å². The number of para-hydroxylation sites is 3. The fraction of sp³-hybridized carbons (Fsp3) is 0.0455. The van der Waals surface area contributed by atoms with E-state index in [0.29, 0.717) is 0 Å². The van der Waals surface area contributed by atoms with Gasteiger partial charge in [-0.2, -0.15) is 0 Å². The van der Waals surface area contributed by atoms with E-state index >= 15 is 0 Å².